The van der Waals surface area contributed by atoms with Crippen LogP contribution in [0.15, 0.2) is 85.1 Å². The van der Waals surface area contributed by atoms with Crippen LogP contribution in [-0.4, -0.2) is 49.4 Å². The molecule has 1 saturated heterocycles. The van der Waals surface area contributed by atoms with Crippen molar-refractivity contribution in [2.45, 2.75) is 57.6 Å². The van der Waals surface area contributed by atoms with Gasteiger partial charge in [0.2, 0.25) is 5.91 Å². The number of nitrogens with one attached hydrogen (secondary N) is 2. The summed E-state index contributed by atoms with van der Waals surface area (Å²) in [5.41, 5.74) is 5.64. The molecule has 2 aliphatic heterocycles. The third-order valence-electron chi connectivity index (χ3n) is 8.71. The number of aromatic amines is 2. The predicted octanol–water partition coefficient (Wildman–Crippen LogP) is 5.31. The number of amides is 1. The highest BCUT2D eigenvalue weighted by atomic mass is 16.5. The first-order valence-corrected chi connectivity index (χ1v) is 13.9. The second-order valence-electron chi connectivity index (χ2n) is 11.4. The summed E-state index contributed by atoms with van der Waals surface area (Å²) < 4.78 is 5.90. The average molecular weight is 533 g/mol. The van der Waals surface area contributed by atoms with Gasteiger partial charge in [-0.1, -0.05) is 66.7 Å². The van der Waals surface area contributed by atoms with E-state index < -0.39 is 11.7 Å². The molecule has 2 N–H and O–H groups in total. The third-order valence-corrected chi connectivity index (χ3v) is 8.71. The second-order valence-corrected chi connectivity index (χ2v) is 11.4. The van der Waals surface area contributed by atoms with E-state index in [4.69, 9.17) is 4.74 Å². The predicted molar refractivity (Wildman–Crippen MR) is 154 cm³/mol. The van der Waals surface area contributed by atoms with Crippen LogP contribution in [-0.2, 0) is 40.3 Å². The molecule has 0 bridgehead atoms. The normalized spacial score (nSPS) is 19.1. The van der Waals surface area contributed by atoms with Gasteiger partial charge < -0.3 is 19.6 Å². The molecule has 0 spiro atoms. The minimum Gasteiger partial charge on any atom is -0.459 e. The summed E-state index contributed by atoms with van der Waals surface area (Å²) in [4.78, 5) is 39.1. The minimum absolute atomic E-state index is 0.0255. The van der Waals surface area contributed by atoms with Crippen molar-refractivity contribution >= 4 is 33.7 Å². The van der Waals surface area contributed by atoms with Crippen LogP contribution >= 0.6 is 0 Å². The summed E-state index contributed by atoms with van der Waals surface area (Å²) in [6.07, 6.45) is 2.92. The smallest absolute Gasteiger partial charge is 0.329 e. The highest BCUT2D eigenvalue weighted by molar-refractivity contribution is 5.93. The maximum absolute atomic E-state index is 14.3. The first kappa shape index (κ1) is 24.7. The zero-order chi connectivity index (χ0) is 27.4. The molecule has 3 aromatic carbocycles. The van der Waals surface area contributed by atoms with Crippen molar-refractivity contribution < 1.29 is 14.3 Å². The molecule has 0 saturated carbocycles. The Hall–Kier alpha value is -4.36. The topological polar surface area (TPSA) is 81.4 Å². The van der Waals surface area contributed by atoms with Gasteiger partial charge in [-0.2, -0.15) is 0 Å². The van der Waals surface area contributed by atoms with Crippen LogP contribution in [0, 0.1) is 0 Å². The number of esters is 1. The summed E-state index contributed by atoms with van der Waals surface area (Å²) in [5.74, 6) is -0.415. The number of hydrogen-bond donors (Lipinski definition) is 2. The fourth-order valence-electron chi connectivity index (χ4n) is 6.72. The third kappa shape index (κ3) is 3.92. The molecular formula is C33H32N4O3. The van der Waals surface area contributed by atoms with E-state index in [1.54, 1.807) is 4.90 Å². The highest BCUT2D eigenvalue weighted by Crippen LogP contribution is 2.42. The van der Waals surface area contributed by atoms with Crippen LogP contribution in [0.1, 0.15) is 36.2 Å². The van der Waals surface area contributed by atoms with E-state index >= 15 is 0 Å². The van der Waals surface area contributed by atoms with Crippen molar-refractivity contribution in [1.29, 1.82) is 0 Å². The van der Waals surface area contributed by atoms with E-state index in [2.05, 4.69) is 27.0 Å². The Kier molecular flexibility index (Phi) is 5.78. The number of para-hydroxylation sites is 2. The Morgan fingerprint density at radius 2 is 1.68 bits per heavy atom. The lowest BCUT2D eigenvalue weighted by molar-refractivity contribution is -0.159. The summed E-state index contributed by atoms with van der Waals surface area (Å²) in [6.45, 7) is 4.87. The van der Waals surface area contributed by atoms with Crippen LogP contribution in [0.3, 0.4) is 0 Å². The molecule has 7 nitrogen and oxygen atoms in total. The highest BCUT2D eigenvalue weighted by Gasteiger charge is 2.56. The molecule has 0 aliphatic carbocycles. The van der Waals surface area contributed by atoms with E-state index in [-0.39, 0.29) is 24.5 Å². The Balaban J connectivity index is 1.24. The van der Waals surface area contributed by atoms with Gasteiger partial charge in [0, 0.05) is 46.7 Å². The van der Waals surface area contributed by atoms with Gasteiger partial charge >= 0.3 is 5.97 Å². The maximum atomic E-state index is 14.3. The standard InChI is InChI=1S/C33H32N4O3/c1-33(2)36-19-28-25(24-13-7-9-15-27(24)35-28)17-29(36)31(38)37(33)30(32(39)40-20-21-10-4-3-5-11-21)16-22-18-34-26-14-8-6-12-23(22)26/h3-15,18,29-30,34-35H,16-17,19-20H2,1-2H3/t29-,30-/m0/s1. The molecule has 1 amide bonds. The van der Waals surface area contributed by atoms with Gasteiger partial charge in [-0.3, -0.25) is 9.69 Å². The molecule has 40 heavy (non-hydrogen) atoms. The zero-order valence-electron chi connectivity index (χ0n) is 22.7. The second kappa shape index (κ2) is 9.38. The van der Waals surface area contributed by atoms with Crippen molar-refractivity contribution in [3.05, 3.63) is 107 Å². The van der Waals surface area contributed by atoms with E-state index in [0.29, 0.717) is 19.4 Å². The monoisotopic (exact) mass is 532 g/mol. The first-order valence-electron chi connectivity index (χ1n) is 13.9. The molecule has 7 heteroatoms. The van der Waals surface area contributed by atoms with Crippen molar-refractivity contribution in [2.75, 3.05) is 0 Å². The van der Waals surface area contributed by atoms with Crippen LogP contribution in [0.2, 0.25) is 0 Å². The Bertz CT molecular complexity index is 1730. The zero-order valence-corrected chi connectivity index (χ0v) is 22.7. The van der Waals surface area contributed by atoms with Crippen molar-refractivity contribution in [3.8, 4) is 0 Å². The van der Waals surface area contributed by atoms with E-state index in [1.165, 1.54) is 10.9 Å². The summed E-state index contributed by atoms with van der Waals surface area (Å²) in [6, 6.07) is 24.9. The number of fused-ring (bicyclic) bond motifs is 5. The molecule has 4 heterocycles. The number of ether oxygens (including phenoxy) is 1. The number of benzene rings is 3. The lowest BCUT2D eigenvalue weighted by Crippen LogP contribution is -2.57. The Morgan fingerprint density at radius 1 is 0.975 bits per heavy atom. The van der Waals surface area contributed by atoms with Crippen molar-refractivity contribution in [3.63, 3.8) is 0 Å². The molecule has 2 atom stereocenters. The molecular weight excluding hydrogens is 500 g/mol. The molecule has 0 radical (unpaired) electrons. The molecule has 1 fully saturated rings. The number of aromatic nitrogens is 2. The number of rotatable bonds is 6. The van der Waals surface area contributed by atoms with Gasteiger partial charge in [0.15, 0.2) is 0 Å². The van der Waals surface area contributed by atoms with Crippen molar-refractivity contribution in [1.82, 2.24) is 19.8 Å². The van der Waals surface area contributed by atoms with Gasteiger partial charge in [-0.25, -0.2) is 4.79 Å². The molecule has 202 valence electrons. The fourth-order valence-corrected chi connectivity index (χ4v) is 6.72. The van der Waals surface area contributed by atoms with Crippen LogP contribution in [0.5, 0.6) is 0 Å². The van der Waals surface area contributed by atoms with Crippen LogP contribution < -0.4 is 0 Å². The lowest BCUT2D eigenvalue weighted by Gasteiger charge is -2.42. The van der Waals surface area contributed by atoms with Gasteiger partial charge in [-0.05, 0) is 49.1 Å². The Labute approximate surface area is 232 Å². The number of carbonyl (C=O) groups is 2. The van der Waals surface area contributed by atoms with Gasteiger partial charge in [0.1, 0.15) is 12.6 Å². The Morgan fingerprint density at radius 3 is 2.48 bits per heavy atom. The van der Waals surface area contributed by atoms with E-state index in [1.807, 2.05) is 86.8 Å². The molecule has 0 unspecified atom stereocenters. The lowest BCUT2D eigenvalue weighted by atomic mass is 9.96. The molecule has 5 aromatic rings. The summed E-state index contributed by atoms with van der Waals surface area (Å²) in [7, 11) is 0. The largest absolute Gasteiger partial charge is 0.459 e. The van der Waals surface area contributed by atoms with Gasteiger partial charge in [0.25, 0.3) is 0 Å². The maximum Gasteiger partial charge on any atom is 0.329 e. The summed E-state index contributed by atoms with van der Waals surface area (Å²) >= 11 is 0. The molecule has 7 rings (SSSR count). The van der Waals surface area contributed by atoms with Gasteiger partial charge in [0.05, 0.1) is 11.7 Å². The quantitative estimate of drug-likeness (QED) is 0.291. The number of hydrogen-bond acceptors (Lipinski definition) is 4. The van der Waals surface area contributed by atoms with E-state index in [9.17, 15) is 9.59 Å². The summed E-state index contributed by atoms with van der Waals surface area (Å²) in [5, 5.41) is 2.21. The first-order chi connectivity index (χ1) is 19.4. The number of nitrogens with zero attached hydrogens (tertiary/aromatic N) is 2. The fraction of sp³-hybridized carbons (Fsp3) is 0.273. The van der Waals surface area contributed by atoms with Gasteiger partial charge in [-0.15, -0.1) is 0 Å². The average Bonchev–Trinajstić information content (AvgIpc) is 3.61. The van der Waals surface area contributed by atoms with E-state index in [0.717, 1.165) is 33.2 Å². The SMILES string of the molecule is CC1(C)N2Cc3[nH]c4ccccc4c3C[C@H]2C(=O)N1[C@@H](Cc1c[nH]c2ccccc12)C(=O)OCc1ccccc1. The molecule has 2 aliphatic rings. The van der Waals surface area contributed by atoms with Crippen LogP contribution in [0.25, 0.3) is 21.8 Å². The molecule has 2 aromatic heterocycles. The number of carbonyl (C=O) groups excluding carboxylic acids is 2. The number of H-pyrrole nitrogens is 2. The van der Waals surface area contributed by atoms with Crippen molar-refractivity contribution in [2.24, 2.45) is 0 Å². The van der Waals surface area contributed by atoms with Crippen LogP contribution in [0.4, 0.5) is 0 Å². The minimum atomic E-state index is -0.772.